The summed E-state index contributed by atoms with van der Waals surface area (Å²) in [5, 5.41) is 5.30. The van der Waals surface area contributed by atoms with Gasteiger partial charge in [-0.25, -0.2) is 0 Å². The Morgan fingerprint density at radius 2 is 1.67 bits per heavy atom. The van der Waals surface area contributed by atoms with Crippen molar-refractivity contribution in [2.45, 2.75) is 0 Å². The molecule has 33 heavy (non-hydrogen) atoms. The van der Waals surface area contributed by atoms with Crippen molar-refractivity contribution >= 4 is 23.2 Å². The maximum atomic E-state index is 13.3. The normalized spacial score (nSPS) is 14.6. The highest BCUT2D eigenvalue weighted by atomic mass is 16.5. The predicted octanol–water partition coefficient (Wildman–Crippen LogP) is 0.916. The van der Waals surface area contributed by atoms with Gasteiger partial charge in [0.25, 0.3) is 17.4 Å². The van der Waals surface area contributed by atoms with Crippen molar-refractivity contribution in [2.75, 3.05) is 31.5 Å². The number of rotatable bonds is 2. The van der Waals surface area contributed by atoms with Crippen LogP contribution in [0, 0.1) is 0 Å². The number of amides is 2. The second-order valence-corrected chi connectivity index (χ2v) is 7.72. The third kappa shape index (κ3) is 3.53. The van der Waals surface area contributed by atoms with Crippen LogP contribution in [0.1, 0.15) is 20.8 Å². The van der Waals surface area contributed by atoms with Crippen molar-refractivity contribution in [2.24, 2.45) is 7.05 Å². The minimum Gasteiger partial charge on any atom is -0.446 e. The van der Waals surface area contributed by atoms with E-state index >= 15 is 0 Å². The van der Waals surface area contributed by atoms with E-state index in [2.05, 4.69) is 15.4 Å². The molecule has 1 fully saturated rings. The van der Waals surface area contributed by atoms with Crippen molar-refractivity contribution in [1.82, 2.24) is 24.6 Å². The van der Waals surface area contributed by atoms with Gasteiger partial charge in [0.05, 0.1) is 11.3 Å². The number of para-hydroxylation sites is 1. The van der Waals surface area contributed by atoms with Crippen LogP contribution < -0.4 is 21.2 Å². The molecule has 2 N–H and O–H groups in total. The Labute approximate surface area is 187 Å². The van der Waals surface area contributed by atoms with Gasteiger partial charge in [-0.1, -0.05) is 12.1 Å². The standard InChI is InChI=1S/C22H20N6O5/c1-26-22(32)16-18(19(29)25-26)33-17-13(5-4-7-14(17)24-16)20(30)27-9-11-28(12-10-27)21(31)15-6-2-3-8-23-15/h2-8,24H,9-12H2,1H3,(H,25,29). The first-order valence-corrected chi connectivity index (χ1v) is 10.3. The zero-order valence-corrected chi connectivity index (χ0v) is 17.7. The molecule has 2 aliphatic heterocycles. The minimum absolute atomic E-state index is 0.0139. The van der Waals surface area contributed by atoms with Gasteiger partial charge in [0, 0.05) is 39.4 Å². The van der Waals surface area contributed by atoms with Gasteiger partial charge in [0.15, 0.2) is 11.4 Å². The van der Waals surface area contributed by atoms with Crippen LogP contribution in [0.15, 0.2) is 52.2 Å². The highest BCUT2D eigenvalue weighted by molar-refractivity contribution is 6.00. The number of nitrogens with zero attached hydrogens (tertiary/aromatic N) is 4. The Balaban J connectivity index is 1.36. The third-order valence-electron chi connectivity index (χ3n) is 5.67. The highest BCUT2D eigenvalue weighted by Crippen LogP contribution is 2.40. The number of aryl methyl sites for hydroxylation is 1. The number of benzene rings is 1. The number of H-pyrrole nitrogens is 1. The molecule has 11 nitrogen and oxygen atoms in total. The van der Waals surface area contributed by atoms with Crippen LogP contribution in [0.3, 0.4) is 0 Å². The summed E-state index contributed by atoms with van der Waals surface area (Å²) in [6.45, 7) is 1.42. The molecule has 4 heterocycles. The van der Waals surface area contributed by atoms with Gasteiger partial charge in [0.1, 0.15) is 5.69 Å². The SMILES string of the molecule is Cn1[nH]c(=O)c2c(c1=O)Nc1cccc(C(=O)N3CCN(C(=O)c4ccccn4)CC3)c1O2. The second kappa shape index (κ2) is 7.93. The van der Waals surface area contributed by atoms with Crippen LogP contribution in [0.25, 0.3) is 0 Å². The summed E-state index contributed by atoms with van der Waals surface area (Å²) in [5.41, 5.74) is 0.00831. The van der Waals surface area contributed by atoms with E-state index in [4.69, 9.17) is 4.74 Å². The minimum atomic E-state index is -0.589. The Kier molecular flexibility index (Phi) is 4.93. The van der Waals surface area contributed by atoms with Gasteiger partial charge in [-0.3, -0.25) is 33.9 Å². The number of aromatic nitrogens is 3. The number of fused-ring (bicyclic) bond motifs is 2. The van der Waals surface area contributed by atoms with E-state index in [0.717, 1.165) is 4.68 Å². The summed E-state index contributed by atoms with van der Waals surface area (Å²) in [6.07, 6.45) is 1.57. The van der Waals surface area contributed by atoms with Crippen LogP contribution in [-0.2, 0) is 7.05 Å². The Morgan fingerprint density at radius 3 is 2.36 bits per heavy atom. The monoisotopic (exact) mass is 448 g/mol. The van der Waals surface area contributed by atoms with Gasteiger partial charge in [0.2, 0.25) is 5.75 Å². The fraction of sp³-hybridized carbons (Fsp3) is 0.227. The van der Waals surface area contributed by atoms with Crippen molar-refractivity contribution in [1.29, 1.82) is 0 Å². The number of hydrogen-bond acceptors (Lipinski definition) is 7. The number of carbonyl (C=O) groups excluding carboxylic acids is 2. The summed E-state index contributed by atoms with van der Waals surface area (Å²) < 4.78 is 6.82. The molecular weight excluding hydrogens is 428 g/mol. The lowest BCUT2D eigenvalue weighted by molar-refractivity contribution is 0.0531. The molecule has 1 aromatic carbocycles. The van der Waals surface area contributed by atoms with Crippen LogP contribution in [0.2, 0.25) is 0 Å². The maximum absolute atomic E-state index is 13.3. The zero-order valence-electron chi connectivity index (χ0n) is 17.7. The van der Waals surface area contributed by atoms with E-state index in [9.17, 15) is 19.2 Å². The average Bonchev–Trinajstić information content (AvgIpc) is 2.86. The van der Waals surface area contributed by atoms with Crippen LogP contribution in [-0.4, -0.2) is 62.6 Å². The molecule has 0 bridgehead atoms. The van der Waals surface area contributed by atoms with Gasteiger partial charge >= 0.3 is 5.56 Å². The van der Waals surface area contributed by atoms with Crippen LogP contribution in [0.5, 0.6) is 11.5 Å². The van der Waals surface area contributed by atoms with Gasteiger partial charge in [-0.15, -0.1) is 0 Å². The zero-order chi connectivity index (χ0) is 23.1. The number of aromatic amines is 1. The first-order chi connectivity index (χ1) is 15.9. The molecule has 3 aromatic rings. The van der Waals surface area contributed by atoms with E-state index in [0.29, 0.717) is 37.6 Å². The molecule has 2 amide bonds. The predicted molar refractivity (Wildman–Crippen MR) is 118 cm³/mol. The van der Waals surface area contributed by atoms with Crippen molar-refractivity contribution in [3.05, 3.63) is 74.6 Å². The molecule has 0 unspecified atom stereocenters. The lowest BCUT2D eigenvalue weighted by Gasteiger charge is -2.35. The molecule has 2 aliphatic rings. The van der Waals surface area contributed by atoms with Crippen molar-refractivity contribution < 1.29 is 14.3 Å². The Morgan fingerprint density at radius 1 is 0.939 bits per heavy atom. The van der Waals surface area contributed by atoms with Crippen molar-refractivity contribution in [3.8, 4) is 11.5 Å². The summed E-state index contributed by atoms with van der Waals surface area (Å²) >= 11 is 0. The number of ether oxygens (including phenoxy) is 1. The molecule has 0 aliphatic carbocycles. The smallest absolute Gasteiger partial charge is 0.308 e. The van der Waals surface area contributed by atoms with E-state index in [1.165, 1.54) is 7.05 Å². The van der Waals surface area contributed by atoms with Gasteiger partial charge < -0.3 is 19.9 Å². The largest absolute Gasteiger partial charge is 0.446 e. The summed E-state index contributed by atoms with van der Waals surface area (Å²) in [5.74, 6) is -0.468. The molecular formula is C22H20N6O5. The van der Waals surface area contributed by atoms with Crippen LogP contribution >= 0.6 is 0 Å². The average molecular weight is 448 g/mol. The number of pyridine rings is 1. The third-order valence-corrected chi connectivity index (χ3v) is 5.67. The quantitative estimate of drug-likeness (QED) is 0.466. The second-order valence-electron chi connectivity index (χ2n) is 7.72. The maximum Gasteiger partial charge on any atom is 0.308 e. The number of piperazine rings is 1. The number of nitrogens with one attached hydrogen (secondary N) is 2. The lowest BCUT2D eigenvalue weighted by atomic mass is 10.1. The first kappa shape index (κ1) is 20.5. The van der Waals surface area contributed by atoms with Crippen LogP contribution in [0.4, 0.5) is 11.4 Å². The molecule has 0 spiro atoms. The molecule has 1 saturated heterocycles. The number of anilines is 2. The van der Waals surface area contributed by atoms with E-state index in [1.807, 2.05) is 0 Å². The molecule has 2 aromatic heterocycles. The first-order valence-electron chi connectivity index (χ1n) is 10.3. The topological polar surface area (TPSA) is 130 Å². The Bertz CT molecular complexity index is 1370. The van der Waals surface area contributed by atoms with E-state index in [-0.39, 0.29) is 34.6 Å². The summed E-state index contributed by atoms with van der Waals surface area (Å²) in [7, 11) is 1.43. The van der Waals surface area contributed by atoms with Gasteiger partial charge in [-0.05, 0) is 24.3 Å². The number of carbonyl (C=O) groups is 2. The molecule has 11 heteroatoms. The fourth-order valence-corrected chi connectivity index (χ4v) is 3.92. The molecule has 0 radical (unpaired) electrons. The van der Waals surface area contributed by atoms with Crippen molar-refractivity contribution in [3.63, 3.8) is 0 Å². The van der Waals surface area contributed by atoms with Gasteiger partial charge in [-0.2, -0.15) is 0 Å². The summed E-state index contributed by atoms with van der Waals surface area (Å²) in [4.78, 5) is 58.0. The fourth-order valence-electron chi connectivity index (χ4n) is 3.92. The highest BCUT2D eigenvalue weighted by Gasteiger charge is 2.31. The van der Waals surface area contributed by atoms with E-state index in [1.54, 1.807) is 52.4 Å². The summed E-state index contributed by atoms with van der Waals surface area (Å²) in [6, 6.07) is 10.1. The molecule has 0 saturated carbocycles. The Hall–Kier alpha value is -4.41. The molecule has 0 atom stereocenters. The van der Waals surface area contributed by atoms with E-state index < -0.39 is 11.1 Å². The lowest BCUT2D eigenvalue weighted by Crippen LogP contribution is -2.50. The molecule has 5 rings (SSSR count). The number of hydrogen-bond donors (Lipinski definition) is 2. The molecule has 168 valence electrons.